The fraction of sp³-hybridized carbons (Fsp3) is 0.500. The molecule has 0 aliphatic heterocycles. The number of rotatable bonds is 6. The summed E-state index contributed by atoms with van der Waals surface area (Å²) in [6, 6.07) is 3.25. The van der Waals surface area contributed by atoms with Gasteiger partial charge in [0.1, 0.15) is 11.4 Å². The van der Waals surface area contributed by atoms with Crippen LogP contribution < -0.4 is 5.32 Å². The molecule has 0 saturated carbocycles. The maximum atomic E-state index is 11.0. The topological polar surface area (TPSA) is 71.5 Å². The Bertz CT molecular complexity index is 393. The molecule has 0 bridgehead atoms. The van der Waals surface area contributed by atoms with Crippen molar-refractivity contribution in [1.29, 1.82) is 0 Å². The van der Waals surface area contributed by atoms with Crippen molar-refractivity contribution in [3.8, 4) is 0 Å². The first-order valence-corrected chi connectivity index (χ1v) is 5.48. The second-order valence-corrected chi connectivity index (χ2v) is 4.10. The third-order valence-electron chi connectivity index (χ3n) is 2.33. The minimum absolute atomic E-state index is 0.195. The van der Waals surface area contributed by atoms with E-state index in [4.69, 9.17) is 9.84 Å². The van der Waals surface area contributed by atoms with E-state index in [1.165, 1.54) is 0 Å². The Labute approximate surface area is 101 Å². The Morgan fingerprint density at radius 3 is 2.88 bits per heavy atom. The maximum Gasteiger partial charge on any atom is 0.339 e. The molecule has 0 aliphatic rings. The van der Waals surface area contributed by atoms with Gasteiger partial charge in [-0.2, -0.15) is 0 Å². The molecular formula is C12H18N2O3. The molecule has 1 aromatic heterocycles. The third-order valence-corrected chi connectivity index (χ3v) is 2.33. The SMILES string of the molecule is COCC(C)CNc1nc(C)ccc1C(=O)O. The molecule has 0 aliphatic carbocycles. The molecule has 1 aromatic rings. The standard InChI is InChI=1S/C12H18N2O3/c1-8(7-17-3)6-13-11-10(12(15)16)5-4-9(2)14-11/h4-5,8H,6-7H2,1-3H3,(H,13,14)(H,15,16). The Kier molecular flexibility index (Phi) is 4.90. The van der Waals surface area contributed by atoms with Crippen molar-refractivity contribution in [3.05, 3.63) is 23.4 Å². The van der Waals surface area contributed by atoms with Gasteiger partial charge in [-0.05, 0) is 25.0 Å². The van der Waals surface area contributed by atoms with E-state index in [0.29, 0.717) is 24.9 Å². The number of aromatic nitrogens is 1. The number of nitrogens with zero attached hydrogens (tertiary/aromatic N) is 1. The molecule has 0 saturated heterocycles. The van der Waals surface area contributed by atoms with Crippen LogP contribution in [0.25, 0.3) is 0 Å². The van der Waals surface area contributed by atoms with E-state index in [2.05, 4.69) is 10.3 Å². The molecule has 5 nitrogen and oxygen atoms in total. The Balaban J connectivity index is 2.75. The smallest absolute Gasteiger partial charge is 0.339 e. The summed E-state index contributed by atoms with van der Waals surface area (Å²) < 4.78 is 5.02. The van der Waals surface area contributed by atoms with E-state index in [1.54, 1.807) is 19.2 Å². The predicted octanol–water partition coefficient (Wildman–Crippen LogP) is 1.78. The number of anilines is 1. The molecule has 1 heterocycles. The number of aryl methyl sites for hydroxylation is 1. The number of ether oxygens (including phenoxy) is 1. The third kappa shape index (κ3) is 4.03. The highest BCUT2D eigenvalue weighted by Gasteiger charge is 2.12. The number of hydrogen-bond acceptors (Lipinski definition) is 4. The van der Waals surface area contributed by atoms with Gasteiger partial charge in [0, 0.05) is 19.3 Å². The van der Waals surface area contributed by atoms with Crippen LogP contribution in [0, 0.1) is 12.8 Å². The normalized spacial score (nSPS) is 12.2. The van der Waals surface area contributed by atoms with Crippen molar-refractivity contribution >= 4 is 11.8 Å². The number of carboxylic acid groups (broad SMARTS) is 1. The van der Waals surface area contributed by atoms with Crippen LogP contribution in [0.3, 0.4) is 0 Å². The molecule has 0 amide bonds. The minimum Gasteiger partial charge on any atom is -0.478 e. The summed E-state index contributed by atoms with van der Waals surface area (Å²) in [5, 5.41) is 12.1. The van der Waals surface area contributed by atoms with Crippen molar-refractivity contribution in [3.63, 3.8) is 0 Å². The monoisotopic (exact) mass is 238 g/mol. The van der Waals surface area contributed by atoms with Crippen molar-refractivity contribution in [1.82, 2.24) is 4.98 Å². The summed E-state index contributed by atoms with van der Waals surface area (Å²) in [7, 11) is 1.64. The second-order valence-electron chi connectivity index (χ2n) is 4.10. The van der Waals surface area contributed by atoms with Gasteiger partial charge in [0.2, 0.25) is 0 Å². The van der Waals surface area contributed by atoms with Gasteiger partial charge in [-0.15, -0.1) is 0 Å². The number of aromatic carboxylic acids is 1. The molecule has 0 fully saturated rings. The molecule has 5 heteroatoms. The van der Waals surface area contributed by atoms with Gasteiger partial charge in [0.15, 0.2) is 0 Å². The van der Waals surface area contributed by atoms with E-state index in [-0.39, 0.29) is 5.56 Å². The van der Waals surface area contributed by atoms with Gasteiger partial charge < -0.3 is 15.2 Å². The van der Waals surface area contributed by atoms with Crippen LogP contribution in [0.5, 0.6) is 0 Å². The van der Waals surface area contributed by atoms with Gasteiger partial charge in [-0.1, -0.05) is 6.92 Å². The summed E-state index contributed by atoms with van der Waals surface area (Å²) in [6.45, 7) is 5.11. The molecule has 2 N–H and O–H groups in total. The summed E-state index contributed by atoms with van der Waals surface area (Å²) in [5.74, 6) is -0.260. The molecule has 1 atom stereocenters. The summed E-state index contributed by atoms with van der Waals surface area (Å²) in [5.41, 5.74) is 0.983. The maximum absolute atomic E-state index is 11.0. The zero-order valence-electron chi connectivity index (χ0n) is 10.4. The van der Waals surface area contributed by atoms with E-state index in [0.717, 1.165) is 5.69 Å². The van der Waals surface area contributed by atoms with Crippen molar-refractivity contribution in [2.75, 3.05) is 25.6 Å². The van der Waals surface area contributed by atoms with E-state index in [9.17, 15) is 4.79 Å². The van der Waals surface area contributed by atoms with Gasteiger partial charge >= 0.3 is 5.97 Å². The molecule has 94 valence electrons. The van der Waals surface area contributed by atoms with Crippen molar-refractivity contribution in [2.24, 2.45) is 5.92 Å². The Morgan fingerprint density at radius 2 is 2.29 bits per heavy atom. The van der Waals surface area contributed by atoms with Crippen LogP contribution in [0.15, 0.2) is 12.1 Å². The zero-order chi connectivity index (χ0) is 12.8. The highest BCUT2D eigenvalue weighted by Crippen LogP contribution is 2.14. The number of methoxy groups -OCH3 is 1. The van der Waals surface area contributed by atoms with Crippen LogP contribution in [0.2, 0.25) is 0 Å². The van der Waals surface area contributed by atoms with Crippen molar-refractivity contribution in [2.45, 2.75) is 13.8 Å². The van der Waals surface area contributed by atoms with Crippen molar-refractivity contribution < 1.29 is 14.6 Å². The molecule has 0 radical (unpaired) electrons. The van der Waals surface area contributed by atoms with Crippen LogP contribution in [0.1, 0.15) is 23.0 Å². The van der Waals surface area contributed by atoms with Gasteiger partial charge in [0.05, 0.1) is 6.61 Å². The van der Waals surface area contributed by atoms with Gasteiger partial charge in [-0.25, -0.2) is 9.78 Å². The van der Waals surface area contributed by atoms with Crippen LogP contribution >= 0.6 is 0 Å². The number of carbonyl (C=O) groups is 1. The lowest BCUT2D eigenvalue weighted by molar-refractivity contribution is 0.0697. The summed E-state index contributed by atoms with van der Waals surface area (Å²) >= 11 is 0. The first kappa shape index (κ1) is 13.4. The molecule has 17 heavy (non-hydrogen) atoms. The quantitative estimate of drug-likeness (QED) is 0.790. The fourth-order valence-corrected chi connectivity index (χ4v) is 1.48. The second kappa shape index (κ2) is 6.20. The average molecular weight is 238 g/mol. The van der Waals surface area contributed by atoms with E-state index in [1.807, 2.05) is 13.8 Å². The van der Waals surface area contributed by atoms with E-state index < -0.39 is 5.97 Å². The lowest BCUT2D eigenvalue weighted by Crippen LogP contribution is -2.18. The largest absolute Gasteiger partial charge is 0.478 e. The average Bonchev–Trinajstić information content (AvgIpc) is 2.26. The predicted molar refractivity (Wildman–Crippen MR) is 65.5 cm³/mol. The fourth-order valence-electron chi connectivity index (χ4n) is 1.48. The lowest BCUT2D eigenvalue weighted by Gasteiger charge is -2.13. The zero-order valence-corrected chi connectivity index (χ0v) is 10.4. The number of nitrogens with one attached hydrogen (secondary N) is 1. The van der Waals surface area contributed by atoms with Crippen LogP contribution in [0.4, 0.5) is 5.82 Å². The Morgan fingerprint density at radius 1 is 1.59 bits per heavy atom. The van der Waals surface area contributed by atoms with Crippen LogP contribution in [-0.2, 0) is 4.74 Å². The molecule has 1 unspecified atom stereocenters. The highest BCUT2D eigenvalue weighted by atomic mass is 16.5. The number of carboxylic acids is 1. The minimum atomic E-state index is -0.973. The van der Waals surface area contributed by atoms with Crippen LogP contribution in [-0.4, -0.2) is 36.3 Å². The first-order valence-electron chi connectivity index (χ1n) is 5.48. The van der Waals surface area contributed by atoms with Gasteiger partial charge in [-0.3, -0.25) is 0 Å². The first-order chi connectivity index (χ1) is 8.04. The highest BCUT2D eigenvalue weighted by molar-refractivity contribution is 5.93. The molecular weight excluding hydrogens is 220 g/mol. The number of hydrogen-bond donors (Lipinski definition) is 2. The number of pyridine rings is 1. The molecule has 1 rings (SSSR count). The summed E-state index contributed by atoms with van der Waals surface area (Å²) in [6.07, 6.45) is 0. The lowest BCUT2D eigenvalue weighted by atomic mass is 10.2. The van der Waals surface area contributed by atoms with Gasteiger partial charge in [0.25, 0.3) is 0 Å². The molecule has 0 spiro atoms. The summed E-state index contributed by atoms with van der Waals surface area (Å²) in [4.78, 5) is 15.2. The van der Waals surface area contributed by atoms with E-state index >= 15 is 0 Å². The molecule has 0 aromatic carbocycles. The Hall–Kier alpha value is -1.62.